The highest BCUT2D eigenvalue weighted by Crippen LogP contribution is 2.44. The molecule has 0 aliphatic carbocycles. The molecule has 1 unspecified atom stereocenters. The average Bonchev–Trinajstić information content (AvgIpc) is 2.85. The van der Waals surface area contributed by atoms with Crippen LogP contribution in [0.3, 0.4) is 0 Å². The third kappa shape index (κ3) is 4.60. The molecule has 0 aromatic heterocycles. The standard InChI is InChI=1S/C25H27N3O4S/c1-4-31-19-9-7-18(8-10-19)27-15-28-24(29)13-20(21(14-26)25(28)33-16-27)17-6-11-22(32-5-2)23(12-17)30-3/h6-12,20H,4-5,13,15-16H2,1-3H3. The lowest BCUT2D eigenvalue weighted by Crippen LogP contribution is -2.47. The number of nitrogens with zero attached hydrogens (tertiary/aromatic N) is 3. The number of ether oxygens (including phenoxy) is 3. The Hall–Kier alpha value is -3.31. The van der Waals surface area contributed by atoms with Gasteiger partial charge in [0, 0.05) is 18.0 Å². The Morgan fingerprint density at radius 1 is 1.09 bits per heavy atom. The molecule has 4 rings (SSSR count). The molecule has 7 nitrogen and oxygen atoms in total. The molecule has 2 aliphatic heterocycles. The SMILES string of the molecule is CCOc1ccc(N2CSC3=C(C#N)C(c4ccc(OCC)c(OC)c4)CC(=O)N3C2)cc1. The van der Waals surface area contributed by atoms with Crippen molar-refractivity contribution in [1.29, 1.82) is 5.26 Å². The van der Waals surface area contributed by atoms with Crippen LogP contribution in [0.25, 0.3) is 0 Å². The number of amides is 1. The molecule has 2 heterocycles. The number of anilines is 1. The van der Waals surface area contributed by atoms with Gasteiger partial charge < -0.3 is 19.1 Å². The van der Waals surface area contributed by atoms with Crippen molar-refractivity contribution in [3.63, 3.8) is 0 Å². The fourth-order valence-electron chi connectivity index (χ4n) is 4.11. The zero-order valence-electron chi connectivity index (χ0n) is 19.0. The van der Waals surface area contributed by atoms with Crippen LogP contribution in [0, 0.1) is 11.3 Å². The van der Waals surface area contributed by atoms with E-state index in [-0.39, 0.29) is 18.2 Å². The van der Waals surface area contributed by atoms with E-state index in [0.717, 1.165) is 22.0 Å². The number of hydrogen-bond acceptors (Lipinski definition) is 7. The highest BCUT2D eigenvalue weighted by atomic mass is 32.2. The maximum atomic E-state index is 13.2. The minimum atomic E-state index is -0.303. The number of rotatable bonds is 7. The second-order valence-corrected chi connectivity index (χ2v) is 8.57. The van der Waals surface area contributed by atoms with Crippen LogP contribution in [-0.4, -0.2) is 43.7 Å². The molecule has 2 aromatic carbocycles. The lowest BCUT2D eigenvalue weighted by molar-refractivity contribution is -0.129. The Morgan fingerprint density at radius 3 is 2.52 bits per heavy atom. The summed E-state index contributed by atoms with van der Waals surface area (Å²) in [4.78, 5) is 17.0. The first-order valence-corrected chi connectivity index (χ1v) is 11.9. The number of hydrogen-bond donors (Lipinski definition) is 0. The van der Waals surface area contributed by atoms with Crippen molar-refractivity contribution in [2.75, 3.05) is 37.8 Å². The first-order chi connectivity index (χ1) is 16.1. The van der Waals surface area contributed by atoms with Gasteiger partial charge in [0.15, 0.2) is 11.5 Å². The zero-order chi connectivity index (χ0) is 23.4. The normalized spacial score (nSPS) is 18.0. The molecule has 0 radical (unpaired) electrons. The van der Waals surface area contributed by atoms with Gasteiger partial charge in [0.2, 0.25) is 5.91 Å². The first-order valence-electron chi connectivity index (χ1n) is 11.0. The van der Waals surface area contributed by atoms with Gasteiger partial charge in [-0.1, -0.05) is 17.8 Å². The minimum Gasteiger partial charge on any atom is -0.494 e. The molecule has 0 saturated carbocycles. The van der Waals surface area contributed by atoms with Crippen LogP contribution >= 0.6 is 11.8 Å². The Bertz CT molecular complexity index is 1090. The molecule has 0 N–H and O–H groups in total. The Balaban J connectivity index is 1.60. The number of fused-ring (bicyclic) bond motifs is 1. The molecule has 1 atom stereocenters. The molecule has 0 bridgehead atoms. The highest BCUT2D eigenvalue weighted by molar-refractivity contribution is 8.03. The van der Waals surface area contributed by atoms with Gasteiger partial charge in [-0.25, -0.2) is 0 Å². The molecular weight excluding hydrogens is 438 g/mol. The maximum Gasteiger partial charge on any atom is 0.229 e. The summed E-state index contributed by atoms with van der Waals surface area (Å²) in [6.45, 7) is 5.43. The summed E-state index contributed by atoms with van der Waals surface area (Å²) in [7, 11) is 1.59. The van der Waals surface area contributed by atoms with Crippen molar-refractivity contribution < 1.29 is 19.0 Å². The van der Waals surface area contributed by atoms with Crippen molar-refractivity contribution in [1.82, 2.24) is 4.90 Å². The van der Waals surface area contributed by atoms with Crippen LogP contribution in [-0.2, 0) is 4.79 Å². The number of thioether (sulfide) groups is 1. The van der Waals surface area contributed by atoms with E-state index in [1.807, 2.05) is 56.3 Å². The topological polar surface area (TPSA) is 75.0 Å². The summed E-state index contributed by atoms with van der Waals surface area (Å²) < 4.78 is 16.6. The molecule has 2 aliphatic rings. The number of nitriles is 1. The van der Waals surface area contributed by atoms with Crippen molar-refractivity contribution in [2.24, 2.45) is 0 Å². The molecule has 2 aromatic rings. The average molecular weight is 466 g/mol. The second-order valence-electron chi connectivity index (χ2n) is 7.63. The molecule has 1 saturated heterocycles. The van der Waals surface area contributed by atoms with Gasteiger partial charge in [0.05, 0.1) is 49.5 Å². The van der Waals surface area contributed by atoms with Crippen LogP contribution in [0.2, 0.25) is 0 Å². The van der Waals surface area contributed by atoms with E-state index in [2.05, 4.69) is 11.0 Å². The summed E-state index contributed by atoms with van der Waals surface area (Å²) >= 11 is 1.52. The molecule has 1 amide bonds. The Kier molecular flexibility index (Phi) is 6.99. The van der Waals surface area contributed by atoms with E-state index in [9.17, 15) is 10.1 Å². The molecule has 1 fully saturated rings. The third-order valence-corrected chi connectivity index (χ3v) is 6.85. The van der Waals surface area contributed by atoms with E-state index in [1.165, 1.54) is 11.8 Å². The lowest BCUT2D eigenvalue weighted by atomic mass is 9.86. The predicted octanol–water partition coefficient (Wildman–Crippen LogP) is 4.71. The van der Waals surface area contributed by atoms with Crippen LogP contribution in [0.4, 0.5) is 5.69 Å². The van der Waals surface area contributed by atoms with Crippen LogP contribution in [0.15, 0.2) is 53.1 Å². The summed E-state index contributed by atoms with van der Waals surface area (Å²) in [5.74, 6) is 2.42. The zero-order valence-corrected chi connectivity index (χ0v) is 19.9. The van der Waals surface area contributed by atoms with E-state index in [4.69, 9.17) is 14.2 Å². The van der Waals surface area contributed by atoms with Gasteiger partial charge in [-0.2, -0.15) is 5.26 Å². The minimum absolute atomic E-state index is 0.00462. The van der Waals surface area contributed by atoms with Crippen molar-refractivity contribution in [2.45, 2.75) is 26.2 Å². The van der Waals surface area contributed by atoms with Crippen LogP contribution in [0.1, 0.15) is 31.7 Å². The summed E-state index contributed by atoms with van der Waals surface area (Å²) in [6.07, 6.45) is 0.237. The summed E-state index contributed by atoms with van der Waals surface area (Å²) in [5, 5.41) is 10.8. The first kappa shape index (κ1) is 22.9. The van der Waals surface area contributed by atoms with Crippen LogP contribution < -0.4 is 19.1 Å². The van der Waals surface area contributed by atoms with Crippen LogP contribution in [0.5, 0.6) is 17.2 Å². The third-order valence-electron chi connectivity index (χ3n) is 5.70. The number of allylic oxidation sites excluding steroid dienone is 1. The predicted molar refractivity (Wildman–Crippen MR) is 128 cm³/mol. The van der Waals surface area contributed by atoms with Crippen molar-refractivity contribution in [3.05, 3.63) is 58.6 Å². The fraction of sp³-hybridized carbons (Fsp3) is 0.360. The van der Waals surface area contributed by atoms with E-state index >= 15 is 0 Å². The highest BCUT2D eigenvalue weighted by Gasteiger charge is 2.38. The van der Waals surface area contributed by atoms with Gasteiger partial charge in [0.25, 0.3) is 0 Å². The number of methoxy groups -OCH3 is 1. The second kappa shape index (κ2) is 10.1. The number of carbonyl (C=O) groups is 1. The smallest absolute Gasteiger partial charge is 0.229 e. The van der Waals surface area contributed by atoms with Gasteiger partial charge in [0.1, 0.15) is 5.75 Å². The van der Waals surface area contributed by atoms with Gasteiger partial charge in [-0.05, 0) is 55.8 Å². The molecule has 172 valence electrons. The Morgan fingerprint density at radius 2 is 1.85 bits per heavy atom. The van der Waals surface area contributed by atoms with Gasteiger partial charge >= 0.3 is 0 Å². The Labute approximate surface area is 198 Å². The quantitative estimate of drug-likeness (QED) is 0.586. The summed E-state index contributed by atoms with van der Waals surface area (Å²) in [6, 6.07) is 15.9. The molecule has 8 heteroatoms. The van der Waals surface area contributed by atoms with Gasteiger partial charge in [-0.15, -0.1) is 0 Å². The van der Waals surface area contributed by atoms with Gasteiger partial charge in [-0.3, -0.25) is 9.69 Å². The monoisotopic (exact) mass is 465 g/mol. The maximum absolute atomic E-state index is 13.2. The molecular formula is C25H27N3O4S. The number of benzene rings is 2. The molecule has 0 spiro atoms. The van der Waals surface area contributed by atoms with Crippen molar-refractivity contribution >= 4 is 23.4 Å². The lowest BCUT2D eigenvalue weighted by Gasteiger charge is -2.42. The van der Waals surface area contributed by atoms with E-state index in [1.54, 1.807) is 12.0 Å². The molecule has 33 heavy (non-hydrogen) atoms. The largest absolute Gasteiger partial charge is 0.494 e. The summed E-state index contributed by atoms with van der Waals surface area (Å²) in [5.41, 5.74) is 2.51. The van der Waals surface area contributed by atoms with E-state index in [0.29, 0.717) is 42.8 Å². The number of carbonyl (C=O) groups excluding carboxylic acids is 1. The van der Waals surface area contributed by atoms with Crippen molar-refractivity contribution in [3.8, 4) is 23.3 Å². The fourth-order valence-corrected chi connectivity index (χ4v) is 5.27. The van der Waals surface area contributed by atoms with E-state index < -0.39 is 0 Å².